The van der Waals surface area contributed by atoms with Crippen LogP contribution in [0.4, 0.5) is 0 Å². The second-order valence-corrected chi connectivity index (χ2v) is 69.1. The molecule has 20 aliphatic rings. The van der Waals surface area contributed by atoms with E-state index in [-0.39, 0.29) is 0 Å². The second kappa shape index (κ2) is 0.838. The van der Waals surface area contributed by atoms with Crippen LogP contribution in [-0.4, -0.2) is 0 Å². The van der Waals surface area contributed by atoms with Gasteiger partial charge in [0.1, 0.15) is 0 Å². The molecule has 0 aromatic heterocycles. The first-order chi connectivity index (χ1) is 13.8. The summed E-state index contributed by atoms with van der Waals surface area (Å²) in [5, 5.41) is 0. The van der Waals surface area contributed by atoms with Gasteiger partial charge in [-0.05, 0) is 0 Å². The van der Waals surface area contributed by atoms with E-state index in [0.717, 1.165) is 0 Å². The van der Waals surface area contributed by atoms with Gasteiger partial charge >= 0.3 is 153 Å². The third-order valence-electron chi connectivity index (χ3n) is 32.0. The molecule has 20 fully saturated rings. The Balaban J connectivity index is 1.02. The Labute approximate surface area is 152 Å². The number of hydrogen-bond donors (Lipinski definition) is 0. The summed E-state index contributed by atoms with van der Waals surface area (Å²) in [5.74, 6) is 1.51. The van der Waals surface area contributed by atoms with Gasteiger partial charge in [-0.1, -0.05) is 0 Å². The number of fused-ring (bicyclic) bond motifs is 20. The Morgan fingerprint density at radius 3 is 1.14 bits per heavy atom. The van der Waals surface area contributed by atoms with Crippen LogP contribution in [0.3, 0.4) is 0 Å². The van der Waals surface area contributed by atoms with Gasteiger partial charge in [0.15, 0.2) is 0 Å². The van der Waals surface area contributed by atoms with E-state index in [4.69, 9.17) is 0 Å². The van der Waals surface area contributed by atoms with Crippen molar-refractivity contribution in [1.82, 2.24) is 0 Å². The summed E-state index contributed by atoms with van der Waals surface area (Å²) in [6, 6.07) is 0. The molecule has 20 rings (SSSR count). The molecule has 2 spiro atoms. The predicted octanol–water partition coefficient (Wildman–Crippen LogP) is 9.09. The van der Waals surface area contributed by atoms with Crippen molar-refractivity contribution in [3.8, 4) is 0 Å². The molecule has 0 radical (unpaired) electrons. The van der Waals surface area contributed by atoms with Crippen molar-refractivity contribution in [1.29, 1.82) is 0 Å². The van der Waals surface area contributed by atoms with Crippen LogP contribution < -0.4 is 0 Å². The zero-order chi connectivity index (χ0) is 17.1. The monoisotopic (exact) mass is 468 g/mol. The summed E-state index contributed by atoms with van der Waals surface area (Å²) in [5.41, 5.74) is 0. The summed E-state index contributed by atoms with van der Waals surface area (Å²) < 4.78 is 2.62. The second-order valence-electron chi connectivity index (χ2n) is 21.9. The van der Waals surface area contributed by atoms with Crippen LogP contribution in [-0.2, 0) is 13.0 Å². The fourth-order valence-electron chi connectivity index (χ4n) is 36.2. The third-order valence-corrected chi connectivity index (χ3v) is 117. The topological polar surface area (TPSA) is 0 Å². The quantitative estimate of drug-likeness (QED) is 0.258. The van der Waals surface area contributed by atoms with Crippen molar-refractivity contribution in [3.63, 3.8) is 0 Å². The molecule has 0 nitrogen and oxygen atoms in total. The Bertz CT molecular complexity index is 1790. The molecule has 20 heterocycles. The van der Waals surface area contributed by atoms with Crippen molar-refractivity contribution in [2.45, 2.75) is 134 Å². The molecule has 0 amide bonds. The average molecular weight is 468 g/mol. The van der Waals surface area contributed by atoms with Gasteiger partial charge in [0.2, 0.25) is 0 Å². The fourth-order valence-corrected chi connectivity index (χ4v) is 187. The van der Waals surface area contributed by atoms with Crippen LogP contribution in [0.15, 0.2) is 0 Å². The molecular formula is C27H32Fe2. The first-order valence-electron chi connectivity index (χ1n) is 14.2. The molecule has 8 unspecified atom stereocenters. The molecule has 20 saturated heterocycles. The maximum absolute atomic E-state index is 2.94. The van der Waals surface area contributed by atoms with Crippen LogP contribution >= 0.6 is 0 Å². The van der Waals surface area contributed by atoms with E-state index in [2.05, 4.69) is 6.92 Å². The number of unbranched alkanes of at least 4 members (excludes halogenated alkanes) is 3. The Morgan fingerprint density at radius 2 is 0.897 bits per heavy atom. The van der Waals surface area contributed by atoms with Gasteiger partial charge in [-0.3, -0.25) is 0 Å². The van der Waals surface area contributed by atoms with Crippen molar-refractivity contribution in [3.05, 3.63) is 0 Å². The molecule has 0 saturated carbocycles. The number of rotatable bonds is 7. The zero-order valence-corrected chi connectivity index (χ0v) is 19.4. The summed E-state index contributed by atoms with van der Waals surface area (Å²) in [6.45, 7) is -3.43. The van der Waals surface area contributed by atoms with Crippen LogP contribution in [0.5, 0.6) is 0 Å². The SMILES string of the molecule is CCCCCCC([C]12[CH]3[CH]4[CH]5[CH]1[Fe]45321678[CH]2[CH]1[CH]6[CH]7[CH]28)[C]12[CH]3[CH]4[CH]5[CH]1[Fe]45321678[CH]2[CH]1[CH]6[CH]7[CH]28. The van der Waals surface area contributed by atoms with Gasteiger partial charge in [-0.2, -0.15) is 0 Å². The molecule has 2 heteroatoms. The third kappa shape index (κ3) is 0.107. The minimum absolute atomic E-state index is 1.31. The molecule has 0 aliphatic carbocycles. The van der Waals surface area contributed by atoms with E-state index in [0.29, 0.717) is 0 Å². The molecular weight excluding hydrogens is 436 g/mol. The summed E-state index contributed by atoms with van der Waals surface area (Å²) in [6.07, 6.45) is 8.25. The molecule has 0 bridgehead atoms. The molecule has 20 aliphatic heterocycles. The Hall–Kier alpha value is 1.04. The minimum atomic E-state index is -2.94. The van der Waals surface area contributed by atoms with Gasteiger partial charge in [0, 0.05) is 0 Å². The van der Waals surface area contributed by atoms with Crippen molar-refractivity contribution < 1.29 is 13.0 Å². The Kier molecular flexibility index (Phi) is 0.304. The van der Waals surface area contributed by atoms with E-state index in [9.17, 15) is 0 Å². The van der Waals surface area contributed by atoms with Crippen LogP contribution in [0, 0.1) is 5.92 Å². The number of hydrogen-bond acceptors (Lipinski definition) is 0. The van der Waals surface area contributed by atoms with E-state index in [1.54, 1.807) is 106 Å². The molecule has 0 aromatic carbocycles. The first-order valence-corrected chi connectivity index (χ1v) is 26.8. The van der Waals surface area contributed by atoms with Gasteiger partial charge in [0.25, 0.3) is 0 Å². The average Bonchev–Trinajstić information content (AvgIpc) is 3.61. The zero-order valence-electron chi connectivity index (χ0n) is 17.2. The van der Waals surface area contributed by atoms with Crippen molar-refractivity contribution in [2.24, 2.45) is 5.92 Å². The van der Waals surface area contributed by atoms with E-state index in [1.807, 2.05) is 6.42 Å². The summed E-state index contributed by atoms with van der Waals surface area (Å²) in [4.78, 5) is 29.0. The summed E-state index contributed by atoms with van der Waals surface area (Å²) in [7, 11) is 0. The van der Waals surface area contributed by atoms with Gasteiger partial charge in [-0.25, -0.2) is 0 Å². The fraction of sp³-hybridized carbons (Fsp3) is 1.00. The Morgan fingerprint density at radius 1 is 0.517 bits per heavy atom. The van der Waals surface area contributed by atoms with Gasteiger partial charge < -0.3 is 0 Å². The van der Waals surface area contributed by atoms with Crippen LogP contribution in [0.25, 0.3) is 0 Å². The maximum atomic E-state index is 2.45. The molecule has 156 valence electrons. The van der Waals surface area contributed by atoms with Crippen LogP contribution in [0.1, 0.15) is 39.0 Å². The van der Waals surface area contributed by atoms with E-state index >= 15 is 0 Å². The van der Waals surface area contributed by atoms with Crippen molar-refractivity contribution in [2.75, 3.05) is 0 Å². The normalized spacial score (nSPS) is 139. The van der Waals surface area contributed by atoms with Gasteiger partial charge in [-0.15, -0.1) is 0 Å². The molecule has 0 N–H and O–H groups in total. The standard InChI is InChI=1S/C17H22.2C5H5.2Fe/c1-2-3-4-5-14-17(15-10-6-7-11-15)16-12-8-9-13-16;2*1-2-4-5-3-1;;/h6-13,17H,2-5,14H2,1H3;2*1-5H;;. The summed E-state index contributed by atoms with van der Waals surface area (Å²) >= 11 is 0. The predicted molar refractivity (Wildman–Crippen MR) is 105 cm³/mol. The van der Waals surface area contributed by atoms with E-state index < -0.39 is 13.0 Å². The van der Waals surface area contributed by atoms with E-state index in [1.165, 1.54) is 21.0 Å². The molecule has 0 aromatic rings. The van der Waals surface area contributed by atoms with Gasteiger partial charge in [0.05, 0.1) is 0 Å². The molecule has 8 atom stereocenters. The van der Waals surface area contributed by atoms with Crippen molar-refractivity contribution >= 4 is 0 Å². The first kappa shape index (κ1) is 10.5. The van der Waals surface area contributed by atoms with Crippen LogP contribution in [0.2, 0.25) is 95.3 Å². The molecule has 29 heavy (non-hydrogen) atoms.